The average Bonchev–Trinajstić information content (AvgIpc) is 2.42. The van der Waals surface area contributed by atoms with Gasteiger partial charge in [-0.25, -0.2) is 0 Å². The molecule has 0 heterocycles. The van der Waals surface area contributed by atoms with Crippen LogP contribution in [0.2, 0.25) is 0 Å². The highest BCUT2D eigenvalue weighted by Gasteiger charge is 2.63. The van der Waals surface area contributed by atoms with Crippen molar-refractivity contribution in [3.05, 3.63) is 0 Å². The largest absolute Gasteiger partial charge is 0.481 e. The number of likely N-dealkylation sites (N-methyl/N-ethyl adjacent to an activating group) is 1. The van der Waals surface area contributed by atoms with E-state index in [9.17, 15) is 9.59 Å². The van der Waals surface area contributed by atoms with E-state index in [2.05, 4.69) is 0 Å². The Balaban J connectivity index is 2.83. The van der Waals surface area contributed by atoms with E-state index >= 15 is 0 Å². The molecule has 0 aliphatic heterocycles. The minimum absolute atomic E-state index is 0.0351. The van der Waals surface area contributed by atoms with Gasteiger partial charge in [-0.2, -0.15) is 0 Å². The molecule has 3 N–H and O–H groups in total. The number of nitrogens with two attached hydrogens (primary N) is 1. The van der Waals surface area contributed by atoms with Gasteiger partial charge in [-0.05, 0) is 13.8 Å². The Labute approximate surface area is 126 Å². The van der Waals surface area contributed by atoms with Gasteiger partial charge in [-0.3, -0.25) is 9.59 Å². The summed E-state index contributed by atoms with van der Waals surface area (Å²) in [6, 6.07) is 0. The molecule has 122 valence electrons. The molecule has 0 spiro atoms. The zero-order valence-electron chi connectivity index (χ0n) is 13.7. The molecule has 0 aromatic heterocycles. The monoisotopic (exact) mass is 300 g/mol. The predicted molar refractivity (Wildman–Crippen MR) is 79.8 cm³/mol. The van der Waals surface area contributed by atoms with E-state index < -0.39 is 22.8 Å². The first-order valence-corrected chi connectivity index (χ1v) is 7.54. The number of carboxylic acid groups (broad SMARTS) is 1. The van der Waals surface area contributed by atoms with E-state index in [1.165, 1.54) is 0 Å². The van der Waals surface area contributed by atoms with Gasteiger partial charge in [0.05, 0.1) is 12.0 Å². The zero-order valence-corrected chi connectivity index (χ0v) is 13.7. The quantitative estimate of drug-likeness (QED) is 0.734. The third-order valence-corrected chi connectivity index (χ3v) is 4.80. The highest BCUT2D eigenvalue weighted by molar-refractivity contribution is 5.89. The highest BCUT2D eigenvalue weighted by atomic mass is 16.5. The molecule has 0 aromatic rings. The second-order valence-corrected chi connectivity index (χ2v) is 6.42. The molecule has 0 aromatic carbocycles. The summed E-state index contributed by atoms with van der Waals surface area (Å²) >= 11 is 0. The predicted octanol–water partition coefficient (Wildman–Crippen LogP) is 1.09. The first-order valence-electron chi connectivity index (χ1n) is 7.54. The molecule has 1 amide bonds. The highest BCUT2D eigenvalue weighted by Crippen LogP contribution is 2.50. The number of amides is 1. The van der Waals surface area contributed by atoms with Crippen molar-refractivity contribution in [1.82, 2.24) is 4.90 Å². The van der Waals surface area contributed by atoms with Crippen LogP contribution in [0.25, 0.3) is 0 Å². The van der Waals surface area contributed by atoms with E-state index in [1.807, 2.05) is 27.7 Å². The molecule has 1 rings (SSSR count). The smallest absolute Gasteiger partial charge is 0.308 e. The Kier molecular flexibility index (Phi) is 5.39. The molecule has 3 unspecified atom stereocenters. The van der Waals surface area contributed by atoms with E-state index in [0.717, 1.165) is 0 Å². The molecule has 1 fully saturated rings. The molecule has 1 aliphatic rings. The molecule has 6 nitrogen and oxygen atoms in total. The van der Waals surface area contributed by atoms with Gasteiger partial charge in [0.25, 0.3) is 0 Å². The van der Waals surface area contributed by atoms with E-state index in [0.29, 0.717) is 19.6 Å². The maximum atomic E-state index is 12.8. The Morgan fingerprint density at radius 3 is 2.38 bits per heavy atom. The molecular formula is C15H28N2O4. The van der Waals surface area contributed by atoms with Gasteiger partial charge in [-0.1, -0.05) is 20.8 Å². The van der Waals surface area contributed by atoms with Crippen molar-refractivity contribution in [2.24, 2.45) is 17.1 Å². The number of nitrogens with zero attached hydrogens (tertiary/aromatic N) is 1. The number of carbonyl (C=O) groups excluding carboxylic acids is 1. The van der Waals surface area contributed by atoms with Crippen molar-refractivity contribution in [3.8, 4) is 0 Å². The Bertz CT molecular complexity index is 410. The lowest BCUT2D eigenvalue weighted by molar-refractivity contribution is -0.179. The number of rotatable bonds is 7. The van der Waals surface area contributed by atoms with Crippen LogP contribution < -0.4 is 5.73 Å². The summed E-state index contributed by atoms with van der Waals surface area (Å²) in [5, 5.41) is 9.01. The van der Waals surface area contributed by atoms with Crippen LogP contribution in [-0.2, 0) is 14.3 Å². The van der Waals surface area contributed by atoms with E-state index in [1.54, 1.807) is 11.8 Å². The third kappa shape index (κ3) is 3.06. The molecule has 3 atom stereocenters. The minimum atomic E-state index is -0.985. The first-order chi connectivity index (χ1) is 9.61. The summed E-state index contributed by atoms with van der Waals surface area (Å²) in [6.45, 7) is 10.4. The average molecular weight is 300 g/mol. The van der Waals surface area contributed by atoms with Crippen LogP contribution in [0.15, 0.2) is 0 Å². The maximum absolute atomic E-state index is 12.8. The second-order valence-electron chi connectivity index (χ2n) is 6.42. The van der Waals surface area contributed by atoms with Crippen molar-refractivity contribution in [2.45, 2.75) is 52.7 Å². The fourth-order valence-corrected chi connectivity index (χ4v) is 2.84. The molecule has 0 radical (unpaired) electrons. The summed E-state index contributed by atoms with van der Waals surface area (Å²) in [6.07, 6.45) is 0.442. The minimum Gasteiger partial charge on any atom is -0.481 e. The topological polar surface area (TPSA) is 92.9 Å². The van der Waals surface area contributed by atoms with Gasteiger partial charge >= 0.3 is 5.97 Å². The Morgan fingerprint density at radius 2 is 2.00 bits per heavy atom. The lowest BCUT2D eigenvalue weighted by Gasteiger charge is -2.58. The van der Waals surface area contributed by atoms with Crippen LogP contribution in [0.5, 0.6) is 0 Å². The SMILES string of the molecule is CCOC1CC(N)(C(=O)N(CC)CC(C)C(=O)O)C1(C)C. The Morgan fingerprint density at radius 1 is 1.43 bits per heavy atom. The molecule has 0 bridgehead atoms. The van der Waals surface area contributed by atoms with Gasteiger partial charge in [-0.15, -0.1) is 0 Å². The first kappa shape index (κ1) is 17.9. The summed E-state index contributed by atoms with van der Waals surface area (Å²) in [4.78, 5) is 25.3. The lowest BCUT2D eigenvalue weighted by Crippen LogP contribution is -2.76. The number of hydrogen-bond acceptors (Lipinski definition) is 4. The van der Waals surface area contributed by atoms with Crippen molar-refractivity contribution in [1.29, 1.82) is 0 Å². The number of ether oxygens (including phenoxy) is 1. The second kappa shape index (κ2) is 6.32. The number of carboxylic acids is 1. The molecule has 0 saturated heterocycles. The van der Waals surface area contributed by atoms with Crippen LogP contribution >= 0.6 is 0 Å². The van der Waals surface area contributed by atoms with Gasteiger partial charge in [0.1, 0.15) is 5.54 Å². The van der Waals surface area contributed by atoms with E-state index in [-0.39, 0.29) is 18.6 Å². The molecule has 1 saturated carbocycles. The van der Waals surface area contributed by atoms with Crippen LogP contribution in [0.1, 0.15) is 41.0 Å². The van der Waals surface area contributed by atoms with Gasteiger partial charge in [0, 0.05) is 31.5 Å². The van der Waals surface area contributed by atoms with Crippen molar-refractivity contribution in [3.63, 3.8) is 0 Å². The summed E-state index contributed by atoms with van der Waals surface area (Å²) in [7, 11) is 0. The van der Waals surface area contributed by atoms with Crippen LogP contribution in [0, 0.1) is 11.3 Å². The summed E-state index contributed by atoms with van der Waals surface area (Å²) in [5.74, 6) is -1.70. The van der Waals surface area contributed by atoms with Crippen molar-refractivity contribution in [2.75, 3.05) is 19.7 Å². The normalized spacial score (nSPS) is 28.6. The lowest BCUT2D eigenvalue weighted by atomic mass is 9.54. The van der Waals surface area contributed by atoms with Crippen molar-refractivity contribution < 1.29 is 19.4 Å². The standard InChI is InChI=1S/C15H28N2O4/c1-6-17(9-10(3)12(18)19)13(20)15(16)8-11(21-7-2)14(15,4)5/h10-11H,6-9,16H2,1-5H3,(H,18,19). The zero-order chi connectivity index (χ0) is 16.4. The molecular weight excluding hydrogens is 272 g/mol. The van der Waals surface area contributed by atoms with Crippen LogP contribution in [0.4, 0.5) is 0 Å². The fourth-order valence-electron chi connectivity index (χ4n) is 2.84. The number of hydrogen-bond donors (Lipinski definition) is 2. The Hall–Kier alpha value is -1.14. The molecule has 21 heavy (non-hydrogen) atoms. The maximum Gasteiger partial charge on any atom is 0.308 e. The molecule has 1 aliphatic carbocycles. The van der Waals surface area contributed by atoms with Gasteiger partial charge in [0.2, 0.25) is 5.91 Å². The summed E-state index contributed by atoms with van der Waals surface area (Å²) in [5.41, 5.74) is 4.91. The fraction of sp³-hybridized carbons (Fsp3) is 0.867. The number of carbonyl (C=O) groups is 2. The molecule has 6 heteroatoms. The van der Waals surface area contributed by atoms with Gasteiger partial charge in [0.15, 0.2) is 0 Å². The van der Waals surface area contributed by atoms with E-state index in [4.69, 9.17) is 15.6 Å². The number of aliphatic carboxylic acids is 1. The third-order valence-electron chi connectivity index (χ3n) is 4.80. The van der Waals surface area contributed by atoms with Crippen molar-refractivity contribution >= 4 is 11.9 Å². The van der Waals surface area contributed by atoms with Crippen LogP contribution in [-0.4, -0.2) is 53.2 Å². The summed E-state index contributed by atoms with van der Waals surface area (Å²) < 4.78 is 5.63. The van der Waals surface area contributed by atoms with Gasteiger partial charge < -0.3 is 20.5 Å². The van der Waals surface area contributed by atoms with Crippen LogP contribution in [0.3, 0.4) is 0 Å².